The normalized spacial score (nSPS) is 10.2. The van der Waals surface area contributed by atoms with Crippen LogP contribution in [-0.4, -0.2) is 11.3 Å². The van der Waals surface area contributed by atoms with Crippen molar-refractivity contribution in [1.82, 2.24) is 4.98 Å². The number of aryl methyl sites for hydroxylation is 2. The van der Waals surface area contributed by atoms with Gasteiger partial charge in [-0.1, -0.05) is 23.8 Å². The molecule has 0 aliphatic carbocycles. The van der Waals surface area contributed by atoms with Gasteiger partial charge in [-0.15, -0.1) is 0 Å². The lowest BCUT2D eigenvalue weighted by molar-refractivity contribution is 0.112. The topological polar surface area (TPSA) is 30.0 Å². The molecule has 0 N–H and O–H groups in total. The van der Waals surface area contributed by atoms with E-state index in [0.29, 0.717) is 5.56 Å². The van der Waals surface area contributed by atoms with Crippen LogP contribution < -0.4 is 0 Å². The zero-order chi connectivity index (χ0) is 12.3. The number of aldehydes is 1. The number of hydrogen-bond acceptors (Lipinski definition) is 2. The first-order chi connectivity index (χ1) is 8.20. The average Bonchev–Trinajstić information content (AvgIpc) is 2.34. The van der Waals surface area contributed by atoms with E-state index in [4.69, 9.17) is 0 Å². The fraction of sp³-hybridized carbons (Fsp3) is 0.200. The molecule has 0 aliphatic heterocycles. The minimum absolute atomic E-state index is 0.674. The number of pyridine rings is 1. The number of aromatic nitrogens is 1. The third-order valence-corrected chi connectivity index (χ3v) is 2.96. The highest BCUT2D eigenvalue weighted by Crippen LogP contribution is 2.17. The van der Waals surface area contributed by atoms with Gasteiger partial charge in [0.15, 0.2) is 6.29 Å². The van der Waals surface area contributed by atoms with Gasteiger partial charge in [-0.3, -0.25) is 9.78 Å². The van der Waals surface area contributed by atoms with Crippen LogP contribution in [0.1, 0.15) is 32.6 Å². The van der Waals surface area contributed by atoms with Gasteiger partial charge >= 0.3 is 0 Å². The Morgan fingerprint density at radius 3 is 2.76 bits per heavy atom. The molecule has 0 atom stereocenters. The molecule has 0 radical (unpaired) electrons. The fourth-order valence-electron chi connectivity index (χ4n) is 1.90. The van der Waals surface area contributed by atoms with Crippen LogP contribution in [0.25, 0.3) is 0 Å². The molecule has 17 heavy (non-hydrogen) atoms. The van der Waals surface area contributed by atoms with E-state index in [1.165, 1.54) is 16.7 Å². The monoisotopic (exact) mass is 225 g/mol. The van der Waals surface area contributed by atoms with Gasteiger partial charge in [-0.2, -0.15) is 0 Å². The van der Waals surface area contributed by atoms with Gasteiger partial charge in [0.2, 0.25) is 0 Å². The number of carbonyl (C=O) groups excluding carboxylic acids is 1. The minimum atomic E-state index is 0.674. The Hall–Kier alpha value is -1.96. The SMILES string of the molecule is Cc1ccc(C)c(Cc2ccncc2C=O)c1. The molecule has 1 aromatic carbocycles. The van der Waals surface area contributed by atoms with Gasteiger partial charge in [0, 0.05) is 18.0 Å². The highest BCUT2D eigenvalue weighted by molar-refractivity contribution is 5.76. The highest BCUT2D eigenvalue weighted by Gasteiger charge is 2.05. The van der Waals surface area contributed by atoms with Gasteiger partial charge in [-0.25, -0.2) is 0 Å². The van der Waals surface area contributed by atoms with Crippen molar-refractivity contribution in [2.75, 3.05) is 0 Å². The molecule has 0 aliphatic rings. The second-order valence-corrected chi connectivity index (χ2v) is 4.30. The Balaban J connectivity index is 2.37. The maximum Gasteiger partial charge on any atom is 0.151 e. The Morgan fingerprint density at radius 1 is 1.18 bits per heavy atom. The quantitative estimate of drug-likeness (QED) is 0.751. The Labute approximate surface area is 101 Å². The zero-order valence-corrected chi connectivity index (χ0v) is 10.1. The molecule has 2 nitrogen and oxygen atoms in total. The summed E-state index contributed by atoms with van der Waals surface area (Å²) in [5.74, 6) is 0. The van der Waals surface area contributed by atoms with Crippen LogP contribution >= 0.6 is 0 Å². The summed E-state index contributed by atoms with van der Waals surface area (Å²) in [5, 5.41) is 0. The van der Waals surface area contributed by atoms with E-state index in [1.807, 2.05) is 6.07 Å². The third-order valence-electron chi connectivity index (χ3n) is 2.96. The molecule has 2 heteroatoms. The first-order valence-corrected chi connectivity index (χ1v) is 5.65. The maximum atomic E-state index is 10.9. The molecule has 0 amide bonds. The first kappa shape index (κ1) is 11.5. The van der Waals surface area contributed by atoms with E-state index >= 15 is 0 Å². The largest absolute Gasteiger partial charge is 0.298 e. The molecule has 2 aromatic rings. The van der Waals surface area contributed by atoms with Crippen molar-refractivity contribution in [2.45, 2.75) is 20.3 Å². The molecule has 0 fully saturated rings. The summed E-state index contributed by atoms with van der Waals surface area (Å²) in [7, 11) is 0. The standard InChI is InChI=1S/C15H15NO/c1-11-3-4-12(2)14(7-11)8-13-5-6-16-9-15(13)10-17/h3-7,9-10H,8H2,1-2H3. The highest BCUT2D eigenvalue weighted by atomic mass is 16.1. The van der Waals surface area contributed by atoms with Crippen molar-refractivity contribution < 1.29 is 4.79 Å². The lowest BCUT2D eigenvalue weighted by atomic mass is 9.97. The minimum Gasteiger partial charge on any atom is -0.298 e. The summed E-state index contributed by atoms with van der Waals surface area (Å²) in [4.78, 5) is 14.9. The summed E-state index contributed by atoms with van der Waals surface area (Å²) in [6.45, 7) is 4.17. The van der Waals surface area contributed by atoms with Crippen LogP contribution in [0.15, 0.2) is 36.7 Å². The molecule has 86 valence electrons. The third kappa shape index (κ3) is 2.59. The van der Waals surface area contributed by atoms with E-state index in [2.05, 4.69) is 37.0 Å². The van der Waals surface area contributed by atoms with Crippen LogP contribution in [0.3, 0.4) is 0 Å². The van der Waals surface area contributed by atoms with Crippen molar-refractivity contribution in [3.8, 4) is 0 Å². The van der Waals surface area contributed by atoms with Crippen molar-refractivity contribution in [2.24, 2.45) is 0 Å². The number of benzene rings is 1. The molecule has 0 saturated carbocycles. The number of nitrogens with zero attached hydrogens (tertiary/aromatic N) is 1. The molecule has 2 rings (SSSR count). The van der Waals surface area contributed by atoms with Crippen molar-refractivity contribution in [1.29, 1.82) is 0 Å². The smallest absolute Gasteiger partial charge is 0.151 e. The summed E-state index contributed by atoms with van der Waals surface area (Å²) in [5.41, 5.74) is 5.47. The molecule has 0 saturated heterocycles. The maximum absolute atomic E-state index is 10.9. The van der Waals surface area contributed by atoms with Crippen LogP contribution in [-0.2, 0) is 6.42 Å². The lowest BCUT2D eigenvalue weighted by Crippen LogP contribution is -1.97. The van der Waals surface area contributed by atoms with Crippen LogP contribution in [0.5, 0.6) is 0 Å². The van der Waals surface area contributed by atoms with Gasteiger partial charge in [0.25, 0.3) is 0 Å². The van der Waals surface area contributed by atoms with Crippen molar-refractivity contribution in [3.05, 3.63) is 64.5 Å². The predicted molar refractivity (Wildman–Crippen MR) is 68.3 cm³/mol. The van der Waals surface area contributed by atoms with Crippen LogP contribution in [0, 0.1) is 13.8 Å². The van der Waals surface area contributed by atoms with Crippen LogP contribution in [0.4, 0.5) is 0 Å². The second-order valence-electron chi connectivity index (χ2n) is 4.30. The van der Waals surface area contributed by atoms with Crippen molar-refractivity contribution >= 4 is 6.29 Å². The van der Waals surface area contributed by atoms with E-state index < -0.39 is 0 Å². The number of rotatable bonds is 3. The summed E-state index contributed by atoms with van der Waals surface area (Å²) >= 11 is 0. The Kier molecular flexibility index (Phi) is 3.33. The molecular weight excluding hydrogens is 210 g/mol. The Morgan fingerprint density at radius 2 is 2.00 bits per heavy atom. The molecule has 0 bridgehead atoms. The molecular formula is C15H15NO. The van der Waals surface area contributed by atoms with E-state index in [0.717, 1.165) is 18.3 Å². The van der Waals surface area contributed by atoms with Gasteiger partial charge < -0.3 is 0 Å². The van der Waals surface area contributed by atoms with Gasteiger partial charge in [-0.05, 0) is 43.0 Å². The van der Waals surface area contributed by atoms with E-state index in [-0.39, 0.29) is 0 Å². The van der Waals surface area contributed by atoms with Gasteiger partial charge in [0.1, 0.15) is 0 Å². The molecule has 0 spiro atoms. The summed E-state index contributed by atoms with van der Waals surface area (Å²) < 4.78 is 0. The zero-order valence-electron chi connectivity index (χ0n) is 10.1. The summed E-state index contributed by atoms with van der Waals surface area (Å²) in [6.07, 6.45) is 5.00. The lowest BCUT2D eigenvalue weighted by Gasteiger charge is -2.08. The molecule has 1 heterocycles. The van der Waals surface area contributed by atoms with Crippen LogP contribution in [0.2, 0.25) is 0 Å². The average molecular weight is 225 g/mol. The Bertz CT molecular complexity index is 546. The van der Waals surface area contributed by atoms with Crippen molar-refractivity contribution in [3.63, 3.8) is 0 Å². The molecule has 0 unspecified atom stereocenters. The predicted octanol–water partition coefficient (Wildman–Crippen LogP) is 3.10. The van der Waals surface area contributed by atoms with E-state index in [1.54, 1.807) is 12.4 Å². The number of carbonyl (C=O) groups is 1. The fourth-order valence-corrected chi connectivity index (χ4v) is 1.90. The molecule has 1 aromatic heterocycles. The van der Waals surface area contributed by atoms with E-state index in [9.17, 15) is 4.79 Å². The first-order valence-electron chi connectivity index (χ1n) is 5.65. The summed E-state index contributed by atoms with van der Waals surface area (Å²) in [6, 6.07) is 8.30. The van der Waals surface area contributed by atoms with Gasteiger partial charge in [0.05, 0.1) is 0 Å². The number of hydrogen-bond donors (Lipinski definition) is 0. The second kappa shape index (κ2) is 4.91.